The number of carboxylic acids is 1. The molecule has 0 fully saturated rings. The number of carbonyl (C=O) groups is 3. The van der Waals surface area contributed by atoms with Crippen molar-refractivity contribution in [1.82, 2.24) is 10.6 Å². The Morgan fingerprint density at radius 1 is 1.33 bits per heavy atom. The summed E-state index contributed by atoms with van der Waals surface area (Å²) in [5.74, 6) is -1.81. The average Bonchev–Trinajstić information content (AvgIpc) is 2.32. The predicted molar refractivity (Wildman–Crippen MR) is 66.9 cm³/mol. The third-order valence-corrected chi connectivity index (χ3v) is 2.22. The minimum atomic E-state index is -1.09. The van der Waals surface area contributed by atoms with Crippen molar-refractivity contribution in [1.29, 1.82) is 0 Å². The summed E-state index contributed by atoms with van der Waals surface area (Å²) in [4.78, 5) is 33.4. The van der Waals surface area contributed by atoms with E-state index in [4.69, 9.17) is 5.11 Å². The molecule has 0 aliphatic carbocycles. The molecule has 0 aliphatic heterocycles. The Labute approximate surface area is 106 Å². The van der Waals surface area contributed by atoms with Gasteiger partial charge < -0.3 is 15.7 Å². The van der Waals surface area contributed by atoms with Gasteiger partial charge >= 0.3 is 5.97 Å². The van der Waals surface area contributed by atoms with Crippen LogP contribution in [0.2, 0.25) is 0 Å². The summed E-state index contributed by atoms with van der Waals surface area (Å²) in [5, 5.41) is 13.6. The first-order valence-corrected chi connectivity index (χ1v) is 5.91. The van der Waals surface area contributed by atoms with Gasteiger partial charge in [0.25, 0.3) is 0 Å². The zero-order chi connectivity index (χ0) is 14.0. The normalized spacial score (nSPS) is 11.4. The van der Waals surface area contributed by atoms with E-state index < -0.39 is 17.9 Å². The number of amides is 2. The maximum Gasteiger partial charge on any atom is 0.326 e. The Balaban J connectivity index is 4.05. The van der Waals surface area contributed by atoms with Crippen molar-refractivity contribution >= 4 is 17.8 Å². The highest BCUT2D eigenvalue weighted by atomic mass is 16.4. The summed E-state index contributed by atoms with van der Waals surface area (Å²) in [6.45, 7) is 5.15. The van der Waals surface area contributed by atoms with Crippen molar-refractivity contribution in [2.24, 2.45) is 0 Å². The van der Waals surface area contributed by atoms with Crippen LogP contribution in [0.5, 0.6) is 0 Å². The Morgan fingerprint density at radius 3 is 2.50 bits per heavy atom. The SMILES string of the molecule is C=CCCC(NC(=O)CNC(=O)CCC)C(=O)O. The maximum atomic E-state index is 11.4. The quantitative estimate of drug-likeness (QED) is 0.521. The number of hydrogen-bond acceptors (Lipinski definition) is 3. The molecule has 0 aromatic carbocycles. The summed E-state index contributed by atoms with van der Waals surface area (Å²) >= 11 is 0. The van der Waals surface area contributed by atoms with Gasteiger partial charge in [0.05, 0.1) is 6.54 Å². The van der Waals surface area contributed by atoms with Gasteiger partial charge in [0.2, 0.25) is 11.8 Å². The van der Waals surface area contributed by atoms with E-state index in [0.717, 1.165) is 0 Å². The highest BCUT2D eigenvalue weighted by Crippen LogP contribution is 1.98. The lowest BCUT2D eigenvalue weighted by atomic mass is 10.1. The second-order valence-corrected chi connectivity index (χ2v) is 3.85. The van der Waals surface area contributed by atoms with E-state index in [0.29, 0.717) is 19.3 Å². The van der Waals surface area contributed by atoms with Crippen LogP contribution in [0.4, 0.5) is 0 Å². The van der Waals surface area contributed by atoms with Crippen LogP contribution in [0.25, 0.3) is 0 Å². The Kier molecular flexibility index (Phi) is 8.26. The molecule has 0 rings (SSSR count). The van der Waals surface area contributed by atoms with Crippen molar-refractivity contribution < 1.29 is 19.5 Å². The van der Waals surface area contributed by atoms with E-state index in [1.165, 1.54) is 0 Å². The molecule has 18 heavy (non-hydrogen) atoms. The molecule has 0 saturated heterocycles. The number of carboxylic acid groups (broad SMARTS) is 1. The molecule has 1 atom stereocenters. The van der Waals surface area contributed by atoms with Gasteiger partial charge in [-0.25, -0.2) is 4.79 Å². The molecule has 0 aromatic rings. The largest absolute Gasteiger partial charge is 0.480 e. The first kappa shape index (κ1) is 16.1. The fourth-order valence-electron chi connectivity index (χ4n) is 1.28. The van der Waals surface area contributed by atoms with Crippen LogP contribution in [0.3, 0.4) is 0 Å². The van der Waals surface area contributed by atoms with Gasteiger partial charge in [0.1, 0.15) is 6.04 Å². The molecule has 0 aromatic heterocycles. The number of hydrogen-bond donors (Lipinski definition) is 3. The maximum absolute atomic E-state index is 11.4. The number of aliphatic carboxylic acids is 1. The molecule has 0 aliphatic rings. The van der Waals surface area contributed by atoms with E-state index in [9.17, 15) is 14.4 Å². The lowest BCUT2D eigenvalue weighted by molar-refractivity contribution is -0.141. The molecule has 6 heteroatoms. The summed E-state index contributed by atoms with van der Waals surface area (Å²) in [5.41, 5.74) is 0. The molecule has 3 N–H and O–H groups in total. The molecular weight excluding hydrogens is 236 g/mol. The Morgan fingerprint density at radius 2 is 2.00 bits per heavy atom. The number of carbonyl (C=O) groups excluding carboxylic acids is 2. The fourth-order valence-corrected chi connectivity index (χ4v) is 1.28. The van der Waals surface area contributed by atoms with Gasteiger partial charge in [0, 0.05) is 6.42 Å². The number of allylic oxidation sites excluding steroid dienone is 1. The highest BCUT2D eigenvalue weighted by molar-refractivity contribution is 5.87. The van der Waals surface area contributed by atoms with Crippen LogP contribution in [0, 0.1) is 0 Å². The van der Waals surface area contributed by atoms with Crippen LogP contribution in [-0.4, -0.2) is 35.5 Å². The van der Waals surface area contributed by atoms with E-state index in [1.54, 1.807) is 6.08 Å². The van der Waals surface area contributed by atoms with Gasteiger partial charge in [-0.1, -0.05) is 13.0 Å². The van der Waals surface area contributed by atoms with Gasteiger partial charge in [-0.2, -0.15) is 0 Å². The second-order valence-electron chi connectivity index (χ2n) is 3.85. The molecule has 0 radical (unpaired) electrons. The molecule has 0 bridgehead atoms. The zero-order valence-electron chi connectivity index (χ0n) is 10.6. The molecule has 0 spiro atoms. The van der Waals surface area contributed by atoms with E-state index in [1.807, 2.05) is 6.92 Å². The summed E-state index contributed by atoms with van der Waals surface area (Å²) < 4.78 is 0. The van der Waals surface area contributed by atoms with Crippen LogP contribution < -0.4 is 10.6 Å². The first-order valence-electron chi connectivity index (χ1n) is 5.91. The Hall–Kier alpha value is -1.85. The zero-order valence-corrected chi connectivity index (χ0v) is 10.6. The Bertz CT molecular complexity index is 315. The second kappa shape index (κ2) is 9.21. The summed E-state index contributed by atoms with van der Waals surface area (Å²) in [6, 6.07) is -0.946. The van der Waals surface area contributed by atoms with Crippen LogP contribution in [0.1, 0.15) is 32.6 Å². The van der Waals surface area contributed by atoms with Crippen LogP contribution in [0.15, 0.2) is 12.7 Å². The average molecular weight is 256 g/mol. The van der Waals surface area contributed by atoms with Gasteiger partial charge in [-0.3, -0.25) is 9.59 Å². The third kappa shape index (κ3) is 7.43. The molecule has 6 nitrogen and oxygen atoms in total. The molecule has 102 valence electrons. The van der Waals surface area contributed by atoms with Gasteiger partial charge in [0.15, 0.2) is 0 Å². The van der Waals surface area contributed by atoms with Crippen molar-refractivity contribution in [2.75, 3.05) is 6.54 Å². The fraction of sp³-hybridized carbons (Fsp3) is 0.583. The van der Waals surface area contributed by atoms with Crippen LogP contribution in [-0.2, 0) is 14.4 Å². The molecule has 2 amide bonds. The number of rotatable bonds is 9. The summed E-state index contributed by atoms with van der Waals surface area (Å²) in [7, 11) is 0. The van der Waals surface area contributed by atoms with E-state index in [2.05, 4.69) is 17.2 Å². The van der Waals surface area contributed by atoms with Gasteiger partial charge in [-0.05, 0) is 19.3 Å². The van der Waals surface area contributed by atoms with Crippen molar-refractivity contribution in [3.63, 3.8) is 0 Å². The number of nitrogens with one attached hydrogen (secondary N) is 2. The first-order chi connectivity index (χ1) is 8.51. The minimum Gasteiger partial charge on any atom is -0.480 e. The lowest BCUT2D eigenvalue weighted by Gasteiger charge is -2.13. The minimum absolute atomic E-state index is 0.198. The van der Waals surface area contributed by atoms with Crippen molar-refractivity contribution in [3.8, 4) is 0 Å². The predicted octanol–water partition coefficient (Wildman–Crippen LogP) is 0.438. The monoisotopic (exact) mass is 256 g/mol. The van der Waals surface area contributed by atoms with Crippen molar-refractivity contribution in [3.05, 3.63) is 12.7 Å². The van der Waals surface area contributed by atoms with E-state index >= 15 is 0 Å². The standard InChI is InChI=1S/C12H20N2O4/c1-3-5-7-9(12(17)18)14-11(16)8-13-10(15)6-4-2/h3,9H,1,4-8H2,2H3,(H,13,15)(H,14,16)(H,17,18). The van der Waals surface area contributed by atoms with Crippen LogP contribution >= 0.6 is 0 Å². The lowest BCUT2D eigenvalue weighted by Crippen LogP contribution is -2.45. The topological polar surface area (TPSA) is 95.5 Å². The smallest absolute Gasteiger partial charge is 0.326 e. The summed E-state index contributed by atoms with van der Waals surface area (Å²) in [6.07, 6.45) is 3.43. The molecule has 0 saturated carbocycles. The highest BCUT2D eigenvalue weighted by Gasteiger charge is 2.18. The van der Waals surface area contributed by atoms with Gasteiger partial charge in [-0.15, -0.1) is 6.58 Å². The van der Waals surface area contributed by atoms with E-state index in [-0.39, 0.29) is 18.9 Å². The molecular formula is C12H20N2O4. The molecule has 1 unspecified atom stereocenters. The molecule has 0 heterocycles. The third-order valence-electron chi connectivity index (χ3n) is 2.22. The van der Waals surface area contributed by atoms with Crippen molar-refractivity contribution in [2.45, 2.75) is 38.6 Å².